The fourth-order valence-corrected chi connectivity index (χ4v) is 3.05. The van der Waals surface area contributed by atoms with Crippen molar-refractivity contribution in [3.63, 3.8) is 0 Å². The third kappa shape index (κ3) is 4.95. The minimum absolute atomic E-state index is 0.0606. The summed E-state index contributed by atoms with van der Waals surface area (Å²) < 4.78 is 5.62. The van der Waals surface area contributed by atoms with Crippen LogP contribution < -0.4 is 15.0 Å². The molecule has 1 N–H and O–H groups in total. The Morgan fingerprint density at radius 2 is 2.08 bits per heavy atom. The highest BCUT2D eigenvalue weighted by atomic mass is 16.5. The number of pyridine rings is 1. The Bertz CT molecular complexity index is 686. The highest BCUT2D eigenvalue weighted by Gasteiger charge is 2.24. The Kier molecular flexibility index (Phi) is 5.53. The van der Waals surface area contributed by atoms with Gasteiger partial charge in [-0.3, -0.25) is 4.79 Å². The van der Waals surface area contributed by atoms with Gasteiger partial charge < -0.3 is 15.0 Å². The fourth-order valence-electron chi connectivity index (χ4n) is 3.05. The molecule has 5 nitrogen and oxygen atoms in total. The molecule has 132 valence electrons. The van der Waals surface area contributed by atoms with E-state index in [-0.39, 0.29) is 18.1 Å². The molecular weight excluding hydrogens is 314 g/mol. The van der Waals surface area contributed by atoms with E-state index in [0.29, 0.717) is 6.42 Å². The zero-order valence-electron chi connectivity index (χ0n) is 14.8. The molecule has 0 radical (unpaired) electrons. The van der Waals surface area contributed by atoms with Gasteiger partial charge in [0.25, 0.3) is 0 Å². The largest absolute Gasteiger partial charge is 0.491 e. The monoisotopic (exact) mass is 339 g/mol. The summed E-state index contributed by atoms with van der Waals surface area (Å²) >= 11 is 0. The highest BCUT2D eigenvalue weighted by molar-refractivity contribution is 5.79. The number of carbonyl (C=O) groups is 1. The van der Waals surface area contributed by atoms with Crippen LogP contribution in [0, 0.1) is 0 Å². The first-order valence-corrected chi connectivity index (χ1v) is 8.81. The SMILES string of the molecule is CC(C)Oc1ccc(CC(=O)N[C@H]2CCN(c3ccccn3)C2)cc1. The standard InChI is InChI=1S/C20H25N3O2/c1-15(2)25-18-8-6-16(7-9-18)13-20(24)22-17-10-12-23(14-17)19-5-3-4-11-21-19/h3-9,11,15,17H,10,12-14H2,1-2H3,(H,22,24)/t17-/m0/s1. The number of amides is 1. The minimum Gasteiger partial charge on any atom is -0.491 e. The molecule has 5 heteroatoms. The van der Waals surface area contributed by atoms with E-state index in [4.69, 9.17) is 4.74 Å². The van der Waals surface area contributed by atoms with Crippen LogP contribution in [-0.2, 0) is 11.2 Å². The molecule has 0 spiro atoms. The van der Waals surface area contributed by atoms with Crippen LogP contribution in [0.3, 0.4) is 0 Å². The topological polar surface area (TPSA) is 54.5 Å². The highest BCUT2D eigenvalue weighted by Crippen LogP contribution is 2.18. The first kappa shape index (κ1) is 17.3. The van der Waals surface area contributed by atoms with Crippen LogP contribution in [0.25, 0.3) is 0 Å². The van der Waals surface area contributed by atoms with Crippen LogP contribution in [0.1, 0.15) is 25.8 Å². The molecular formula is C20H25N3O2. The summed E-state index contributed by atoms with van der Waals surface area (Å²) in [6.45, 7) is 5.72. The second kappa shape index (κ2) is 8.01. The van der Waals surface area contributed by atoms with Gasteiger partial charge in [-0.25, -0.2) is 4.98 Å². The number of nitrogens with one attached hydrogen (secondary N) is 1. The van der Waals surface area contributed by atoms with Crippen molar-refractivity contribution in [2.24, 2.45) is 0 Å². The first-order valence-electron chi connectivity index (χ1n) is 8.81. The van der Waals surface area contributed by atoms with E-state index in [1.54, 1.807) is 6.20 Å². The number of anilines is 1. The van der Waals surface area contributed by atoms with Crippen molar-refractivity contribution < 1.29 is 9.53 Å². The van der Waals surface area contributed by atoms with Gasteiger partial charge in [0.2, 0.25) is 5.91 Å². The van der Waals surface area contributed by atoms with Crippen LogP contribution in [0.5, 0.6) is 5.75 Å². The molecule has 0 aliphatic carbocycles. The summed E-state index contributed by atoms with van der Waals surface area (Å²) in [6.07, 6.45) is 3.29. The van der Waals surface area contributed by atoms with Crippen molar-refractivity contribution in [3.8, 4) is 5.75 Å². The summed E-state index contributed by atoms with van der Waals surface area (Å²) in [7, 11) is 0. The van der Waals surface area contributed by atoms with Gasteiger partial charge in [-0.15, -0.1) is 0 Å². The minimum atomic E-state index is 0.0606. The second-order valence-corrected chi connectivity index (χ2v) is 6.67. The van der Waals surface area contributed by atoms with Crippen LogP contribution >= 0.6 is 0 Å². The third-order valence-corrected chi connectivity index (χ3v) is 4.19. The lowest BCUT2D eigenvalue weighted by Crippen LogP contribution is -2.38. The summed E-state index contributed by atoms with van der Waals surface area (Å²) in [5, 5.41) is 3.13. The third-order valence-electron chi connectivity index (χ3n) is 4.19. The fraction of sp³-hybridized carbons (Fsp3) is 0.400. The lowest BCUT2D eigenvalue weighted by Gasteiger charge is -2.17. The molecule has 2 heterocycles. The summed E-state index contributed by atoms with van der Waals surface area (Å²) in [5.41, 5.74) is 0.994. The van der Waals surface area contributed by atoms with Crippen molar-refractivity contribution in [1.29, 1.82) is 0 Å². The van der Waals surface area contributed by atoms with Gasteiger partial charge in [0, 0.05) is 25.3 Å². The normalized spacial score (nSPS) is 16.9. The molecule has 0 unspecified atom stereocenters. The Labute approximate surface area is 149 Å². The zero-order chi connectivity index (χ0) is 17.6. The summed E-state index contributed by atoms with van der Waals surface area (Å²) in [6, 6.07) is 13.8. The molecule has 1 atom stereocenters. The quantitative estimate of drug-likeness (QED) is 0.879. The predicted molar refractivity (Wildman–Crippen MR) is 98.9 cm³/mol. The lowest BCUT2D eigenvalue weighted by molar-refractivity contribution is -0.121. The number of nitrogens with zero attached hydrogens (tertiary/aromatic N) is 2. The van der Waals surface area contributed by atoms with Crippen molar-refractivity contribution in [3.05, 3.63) is 54.2 Å². The number of benzene rings is 1. The average molecular weight is 339 g/mol. The lowest BCUT2D eigenvalue weighted by atomic mass is 10.1. The Morgan fingerprint density at radius 3 is 2.76 bits per heavy atom. The summed E-state index contributed by atoms with van der Waals surface area (Å²) in [5.74, 6) is 1.87. The number of carbonyl (C=O) groups excluding carboxylic acids is 1. The van der Waals surface area contributed by atoms with Crippen LogP contribution in [0.2, 0.25) is 0 Å². The Hall–Kier alpha value is -2.56. The average Bonchev–Trinajstić information content (AvgIpc) is 3.05. The molecule has 25 heavy (non-hydrogen) atoms. The number of hydrogen-bond acceptors (Lipinski definition) is 4. The first-order chi connectivity index (χ1) is 12.1. The van der Waals surface area contributed by atoms with Gasteiger partial charge in [-0.2, -0.15) is 0 Å². The van der Waals surface area contributed by atoms with E-state index in [2.05, 4.69) is 15.2 Å². The zero-order valence-corrected chi connectivity index (χ0v) is 14.8. The smallest absolute Gasteiger partial charge is 0.224 e. The maximum atomic E-state index is 12.3. The molecule has 1 aromatic carbocycles. The summed E-state index contributed by atoms with van der Waals surface area (Å²) in [4.78, 5) is 18.9. The molecule has 2 aromatic rings. The molecule has 1 saturated heterocycles. The van der Waals surface area contributed by atoms with E-state index in [0.717, 1.165) is 36.6 Å². The molecule has 1 fully saturated rings. The number of aromatic nitrogens is 1. The van der Waals surface area contributed by atoms with Crippen molar-refractivity contribution in [1.82, 2.24) is 10.3 Å². The van der Waals surface area contributed by atoms with Gasteiger partial charge in [-0.05, 0) is 50.1 Å². The van der Waals surface area contributed by atoms with Gasteiger partial charge in [0.1, 0.15) is 11.6 Å². The van der Waals surface area contributed by atoms with E-state index in [1.807, 2.05) is 56.3 Å². The van der Waals surface area contributed by atoms with Crippen LogP contribution in [0.4, 0.5) is 5.82 Å². The van der Waals surface area contributed by atoms with Gasteiger partial charge in [0.15, 0.2) is 0 Å². The molecule has 1 amide bonds. The number of rotatable bonds is 6. The van der Waals surface area contributed by atoms with E-state index >= 15 is 0 Å². The molecule has 1 aromatic heterocycles. The molecule has 0 saturated carbocycles. The van der Waals surface area contributed by atoms with Crippen molar-refractivity contribution >= 4 is 11.7 Å². The predicted octanol–water partition coefficient (Wildman–Crippen LogP) is 2.81. The van der Waals surface area contributed by atoms with Gasteiger partial charge >= 0.3 is 0 Å². The van der Waals surface area contributed by atoms with E-state index in [9.17, 15) is 4.79 Å². The maximum Gasteiger partial charge on any atom is 0.224 e. The molecule has 1 aliphatic heterocycles. The van der Waals surface area contributed by atoms with Crippen LogP contribution in [0.15, 0.2) is 48.7 Å². The molecule has 1 aliphatic rings. The van der Waals surface area contributed by atoms with E-state index in [1.165, 1.54) is 0 Å². The second-order valence-electron chi connectivity index (χ2n) is 6.67. The van der Waals surface area contributed by atoms with Crippen molar-refractivity contribution in [2.75, 3.05) is 18.0 Å². The molecule has 0 bridgehead atoms. The van der Waals surface area contributed by atoms with Crippen LogP contribution in [-0.4, -0.2) is 36.1 Å². The van der Waals surface area contributed by atoms with Gasteiger partial charge in [0.05, 0.1) is 12.5 Å². The molecule has 3 rings (SSSR count). The van der Waals surface area contributed by atoms with E-state index < -0.39 is 0 Å². The van der Waals surface area contributed by atoms with Crippen molar-refractivity contribution in [2.45, 2.75) is 38.8 Å². The number of hydrogen-bond donors (Lipinski definition) is 1. The number of ether oxygens (including phenoxy) is 1. The van der Waals surface area contributed by atoms with Gasteiger partial charge in [-0.1, -0.05) is 18.2 Å². The maximum absolute atomic E-state index is 12.3. The Balaban J connectivity index is 1.48. The Morgan fingerprint density at radius 1 is 1.28 bits per heavy atom.